The molecule has 1 unspecified atom stereocenters. The highest BCUT2D eigenvalue weighted by Crippen LogP contribution is 2.37. The monoisotopic (exact) mass is 956 g/mol. The average molecular weight is 956 g/mol. The molecule has 4 amide bonds. The first-order valence-corrected chi connectivity index (χ1v) is 24.8. The van der Waals surface area contributed by atoms with E-state index in [-0.39, 0.29) is 30.0 Å². The molecule has 0 saturated carbocycles. The van der Waals surface area contributed by atoms with Crippen LogP contribution in [0.2, 0.25) is 0 Å². The number of piperidine rings is 3. The van der Waals surface area contributed by atoms with Crippen molar-refractivity contribution in [2.45, 2.75) is 89.8 Å². The molecule has 4 fully saturated rings. The van der Waals surface area contributed by atoms with Crippen LogP contribution in [0.3, 0.4) is 0 Å². The molecule has 0 bridgehead atoms. The molecule has 5 aromatic rings. The summed E-state index contributed by atoms with van der Waals surface area (Å²) in [4.78, 5) is 74.0. The first-order chi connectivity index (χ1) is 33.6. The Kier molecular flexibility index (Phi) is 14.2. The number of pyridine rings is 3. The number of benzene rings is 1. The fourth-order valence-corrected chi connectivity index (χ4v) is 10.5. The van der Waals surface area contributed by atoms with Gasteiger partial charge in [0.15, 0.2) is 0 Å². The number of aromatic nitrogens is 4. The third kappa shape index (κ3) is 10.8. The van der Waals surface area contributed by atoms with Crippen molar-refractivity contribution in [3.05, 3.63) is 95.8 Å². The average Bonchev–Trinajstić information content (AvgIpc) is 3.70. The SMILES string of the molecule is C[C@@H](c1cc2c(-c3ccc(N(C)C(=O)OC(C)(C)C)nc3)ccnc2n1C)N1CCC(c2ccc(C(=O)N3CCC(CN4CCN(c5ccc(NC6CCC(=O)NC6=O)c(F)n5)CC4)CC3)cc2)CC1. The van der Waals surface area contributed by atoms with E-state index in [1.54, 1.807) is 25.4 Å². The van der Waals surface area contributed by atoms with Crippen LogP contribution in [0.25, 0.3) is 22.2 Å². The highest BCUT2D eigenvalue weighted by molar-refractivity contribution is 6.01. The number of anilines is 3. The summed E-state index contributed by atoms with van der Waals surface area (Å²) in [6, 6.07) is 19.4. The number of piperazine rings is 1. The van der Waals surface area contributed by atoms with Crippen molar-refractivity contribution < 1.29 is 28.3 Å². The van der Waals surface area contributed by atoms with Crippen molar-refractivity contribution in [1.29, 1.82) is 0 Å². The Bertz CT molecular complexity index is 2700. The second-order valence-corrected chi connectivity index (χ2v) is 20.5. The number of halogens is 1. The van der Waals surface area contributed by atoms with E-state index in [1.807, 2.05) is 62.2 Å². The third-order valence-corrected chi connectivity index (χ3v) is 14.7. The van der Waals surface area contributed by atoms with Gasteiger partial charge in [-0.15, -0.1) is 0 Å². The number of imide groups is 1. The quantitative estimate of drug-likeness (QED) is 0.100. The predicted octanol–water partition coefficient (Wildman–Crippen LogP) is 7.37. The Morgan fingerprint density at radius 3 is 2.29 bits per heavy atom. The predicted molar refractivity (Wildman–Crippen MR) is 268 cm³/mol. The lowest BCUT2D eigenvalue weighted by Crippen LogP contribution is -2.49. The standard InChI is InChI=1S/C53H66FN11O5/c1-34(44-31-41-40(17-22-55-49(41)60(44)5)39-11-14-45(56-32-39)61(6)52(69)70-53(2,3)4)63-25-20-37(21-26-63)36-7-9-38(10-8-36)51(68)65-23-18-35(19-24-65)33-62-27-29-64(30-28-62)46-15-12-42(48(54)58-46)57-43-13-16-47(66)59-50(43)67/h7-12,14-15,17,22,31-32,34-35,37,43,57H,13,16,18-21,23-30,33H2,1-6H3,(H,59,66,67)/t34-,43?/m0/s1. The van der Waals surface area contributed by atoms with Crippen LogP contribution in [-0.4, -0.2) is 136 Å². The molecule has 370 valence electrons. The molecule has 0 radical (unpaired) electrons. The molecular formula is C53H66FN11O5. The van der Waals surface area contributed by atoms with Gasteiger partial charge in [0.25, 0.3) is 5.91 Å². The van der Waals surface area contributed by atoms with Crippen LogP contribution < -0.4 is 20.4 Å². The lowest BCUT2D eigenvalue weighted by Gasteiger charge is -2.39. The van der Waals surface area contributed by atoms with E-state index in [4.69, 9.17) is 9.72 Å². The van der Waals surface area contributed by atoms with Crippen LogP contribution in [0.1, 0.15) is 99.8 Å². The number of likely N-dealkylation sites (tertiary alicyclic amines) is 2. The molecule has 1 aromatic carbocycles. The largest absolute Gasteiger partial charge is 0.443 e. The summed E-state index contributed by atoms with van der Waals surface area (Å²) in [5.74, 6) is 0.701. The van der Waals surface area contributed by atoms with E-state index in [0.717, 1.165) is 112 Å². The summed E-state index contributed by atoms with van der Waals surface area (Å²) in [6.45, 7) is 15.4. The molecule has 4 aliphatic heterocycles. The molecule has 8 heterocycles. The van der Waals surface area contributed by atoms with Gasteiger partial charge >= 0.3 is 6.09 Å². The Morgan fingerprint density at radius 2 is 1.63 bits per heavy atom. The molecule has 70 heavy (non-hydrogen) atoms. The van der Waals surface area contributed by atoms with Crippen LogP contribution in [-0.2, 0) is 21.4 Å². The van der Waals surface area contributed by atoms with Gasteiger partial charge in [-0.1, -0.05) is 12.1 Å². The van der Waals surface area contributed by atoms with E-state index in [0.29, 0.717) is 29.9 Å². The number of carbonyl (C=O) groups excluding carboxylic acids is 4. The molecule has 4 aliphatic rings. The number of carbonyl (C=O) groups is 4. The van der Waals surface area contributed by atoms with Crippen LogP contribution in [0, 0.1) is 11.9 Å². The summed E-state index contributed by atoms with van der Waals surface area (Å²) in [5, 5.41) is 6.24. The van der Waals surface area contributed by atoms with E-state index < -0.39 is 29.6 Å². The summed E-state index contributed by atoms with van der Waals surface area (Å²) >= 11 is 0. The van der Waals surface area contributed by atoms with Gasteiger partial charge in [-0.3, -0.25) is 34.4 Å². The lowest BCUT2D eigenvalue weighted by molar-refractivity contribution is -0.133. The van der Waals surface area contributed by atoms with Crippen molar-refractivity contribution in [3.8, 4) is 11.1 Å². The number of rotatable bonds is 11. The highest BCUT2D eigenvalue weighted by Gasteiger charge is 2.31. The summed E-state index contributed by atoms with van der Waals surface area (Å²) < 4.78 is 22.7. The topological polar surface area (TPSA) is 161 Å². The third-order valence-electron chi connectivity index (χ3n) is 14.7. The Labute approximate surface area is 409 Å². The number of aryl methyl sites for hydroxylation is 1. The van der Waals surface area contributed by atoms with Crippen molar-refractivity contribution in [2.75, 3.05) is 81.1 Å². The van der Waals surface area contributed by atoms with Crippen LogP contribution in [0.5, 0.6) is 0 Å². The fraction of sp³-hybridized carbons (Fsp3) is 0.491. The van der Waals surface area contributed by atoms with Gasteiger partial charge in [-0.2, -0.15) is 4.39 Å². The van der Waals surface area contributed by atoms with Gasteiger partial charge in [0, 0.05) is 107 Å². The van der Waals surface area contributed by atoms with Gasteiger partial charge in [-0.05, 0) is 144 Å². The molecule has 0 aliphatic carbocycles. The van der Waals surface area contributed by atoms with E-state index >= 15 is 0 Å². The minimum Gasteiger partial charge on any atom is -0.443 e. The molecule has 2 atom stereocenters. The fourth-order valence-electron chi connectivity index (χ4n) is 10.5. The minimum absolute atomic E-state index is 0.104. The molecule has 4 aromatic heterocycles. The van der Waals surface area contributed by atoms with Gasteiger partial charge in [0.1, 0.15) is 28.9 Å². The smallest absolute Gasteiger partial charge is 0.415 e. The molecule has 4 saturated heterocycles. The summed E-state index contributed by atoms with van der Waals surface area (Å²) in [7, 11) is 3.75. The summed E-state index contributed by atoms with van der Waals surface area (Å²) in [6.07, 6.45) is 7.72. The maximum Gasteiger partial charge on any atom is 0.415 e. The first-order valence-electron chi connectivity index (χ1n) is 24.8. The van der Waals surface area contributed by atoms with Crippen molar-refractivity contribution in [3.63, 3.8) is 0 Å². The van der Waals surface area contributed by atoms with Crippen molar-refractivity contribution in [1.82, 2.24) is 39.5 Å². The number of amides is 4. The number of nitrogens with one attached hydrogen (secondary N) is 2. The first kappa shape index (κ1) is 48.6. The number of fused-ring (bicyclic) bond motifs is 1. The number of hydrogen-bond acceptors (Lipinski definition) is 12. The molecule has 17 heteroatoms. The minimum atomic E-state index is -0.670. The number of ether oxygens (including phenoxy) is 1. The van der Waals surface area contributed by atoms with Gasteiger partial charge in [0.05, 0.1) is 5.69 Å². The molecule has 16 nitrogen and oxygen atoms in total. The Hall–Kier alpha value is -6.46. The second-order valence-electron chi connectivity index (χ2n) is 20.5. The van der Waals surface area contributed by atoms with Crippen LogP contribution in [0.15, 0.2) is 73.1 Å². The Balaban J connectivity index is 0.719. The maximum absolute atomic E-state index is 15.0. The van der Waals surface area contributed by atoms with Gasteiger partial charge in [0.2, 0.25) is 17.8 Å². The normalized spacial score (nSPS) is 19.6. The van der Waals surface area contributed by atoms with Gasteiger partial charge in [-0.25, -0.2) is 19.7 Å². The zero-order chi connectivity index (χ0) is 49.3. The maximum atomic E-state index is 15.0. The number of nitrogens with zero attached hydrogens (tertiary/aromatic N) is 9. The second kappa shape index (κ2) is 20.5. The van der Waals surface area contributed by atoms with Gasteiger partial charge < -0.3 is 24.4 Å². The van der Waals surface area contributed by atoms with Crippen LogP contribution in [0.4, 0.5) is 26.5 Å². The highest BCUT2D eigenvalue weighted by atomic mass is 19.1. The number of hydrogen-bond donors (Lipinski definition) is 2. The zero-order valence-electron chi connectivity index (χ0n) is 41.3. The van der Waals surface area contributed by atoms with E-state index in [1.165, 1.54) is 16.2 Å². The van der Waals surface area contributed by atoms with Crippen LogP contribution >= 0.6 is 0 Å². The van der Waals surface area contributed by atoms with Crippen molar-refractivity contribution >= 4 is 52.2 Å². The van der Waals surface area contributed by atoms with E-state index in [2.05, 4.69) is 72.0 Å². The zero-order valence-corrected chi connectivity index (χ0v) is 41.3. The molecular weight excluding hydrogens is 890 g/mol. The summed E-state index contributed by atoms with van der Waals surface area (Å²) in [5.41, 5.74) is 5.69. The van der Waals surface area contributed by atoms with E-state index in [9.17, 15) is 23.6 Å². The molecule has 0 spiro atoms. The Morgan fingerprint density at radius 1 is 0.900 bits per heavy atom. The van der Waals surface area contributed by atoms with Crippen molar-refractivity contribution in [2.24, 2.45) is 13.0 Å². The molecule has 2 N–H and O–H groups in total. The molecule has 9 rings (SSSR count). The lowest BCUT2D eigenvalue weighted by atomic mass is 9.88.